The third kappa shape index (κ3) is 6.51. The average Bonchev–Trinajstić information content (AvgIpc) is 2.81. The van der Waals surface area contributed by atoms with E-state index in [-0.39, 0.29) is 34.6 Å². The van der Waals surface area contributed by atoms with E-state index in [1.165, 1.54) is 26.6 Å². The maximum Gasteiger partial charge on any atom is 0.251 e. The molecule has 0 bridgehead atoms. The van der Waals surface area contributed by atoms with Crippen molar-refractivity contribution >= 4 is 11.8 Å². The van der Waals surface area contributed by atoms with E-state index in [9.17, 15) is 8.78 Å². The fourth-order valence-corrected chi connectivity index (χ4v) is 3.31. The first kappa shape index (κ1) is 25.1. The first-order valence-corrected chi connectivity index (χ1v) is 10.6. The number of nitrogens with zero attached hydrogens (tertiary/aromatic N) is 5. The van der Waals surface area contributed by atoms with Crippen molar-refractivity contribution < 1.29 is 23.0 Å². The van der Waals surface area contributed by atoms with Gasteiger partial charge in [-0.25, -0.2) is 18.7 Å². The minimum Gasteiger partial charge on any atom is -0.494 e. The molecule has 10 nitrogen and oxygen atoms in total. The van der Waals surface area contributed by atoms with Crippen molar-refractivity contribution in [3.05, 3.63) is 47.4 Å². The van der Waals surface area contributed by atoms with Gasteiger partial charge in [0, 0.05) is 50.6 Å². The molecule has 0 aliphatic carbocycles. The van der Waals surface area contributed by atoms with E-state index in [0.29, 0.717) is 12.2 Å². The van der Waals surface area contributed by atoms with Crippen molar-refractivity contribution in [3.8, 4) is 17.2 Å². The quantitative estimate of drug-likeness (QED) is 0.408. The highest BCUT2D eigenvalue weighted by molar-refractivity contribution is 5.93. The van der Waals surface area contributed by atoms with Crippen LogP contribution < -0.4 is 25.7 Å². The Morgan fingerprint density at radius 1 is 1.06 bits per heavy atom. The molecule has 0 atom stereocenters. The van der Waals surface area contributed by atoms with Crippen LogP contribution in [0.25, 0.3) is 0 Å². The lowest BCUT2D eigenvalue weighted by atomic mass is 10.1. The number of aliphatic imine (C=N–C) groups is 1. The molecule has 1 aliphatic rings. The van der Waals surface area contributed by atoms with Gasteiger partial charge < -0.3 is 30.6 Å². The van der Waals surface area contributed by atoms with Crippen molar-refractivity contribution in [1.82, 2.24) is 19.8 Å². The number of aromatic nitrogens is 2. The summed E-state index contributed by atoms with van der Waals surface area (Å²) in [5, 5.41) is 0. The maximum absolute atomic E-state index is 14.4. The molecule has 34 heavy (non-hydrogen) atoms. The second kappa shape index (κ2) is 11.6. The van der Waals surface area contributed by atoms with Crippen molar-refractivity contribution in [3.63, 3.8) is 0 Å². The standard InChI is InChI=1S/C22H29F2N7O3/c1-30-4-6-31(7-5-30)12-14(25)8-19(26)29-22-27-10-15(11-28-22)34-13-16-20(23)17(32-2)9-18(33-3)21(16)24/h8-11H,4-7,12-13,25H2,1-3H3,(H2,26,27,28,29)/b14-8-. The molecule has 0 unspecified atom stereocenters. The Bertz CT molecular complexity index is 1010. The number of methoxy groups -OCH3 is 2. The molecule has 0 saturated carbocycles. The molecular weight excluding hydrogens is 448 g/mol. The molecule has 12 heteroatoms. The van der Waals surface area contributed by atoms with E-state index >= 15 is 0 Å². The Morgan fingerprint density at radius 3 is 2.21 bits per heavy atom. The lowest BCUT2D eigenvalue weighted by molar-refractivity contribution is 0.163. The number of amidine groups is 1. The zero-order chi connectivity index (χ0) is 24.7. The molecule has 1 aliphatic heterocycles. The lowest BCUT2D eigenvalue weighted by Gasteiger charge is -2.32. The predicted molar refractivity (Wildman–Crippen MR) is 123 cm³/mol. The van der Waals surface area contributed by atoms with Gasteiger partial charge in [0.05, 0.1) is 32.2 Å². The number of likely N-dealkylation sites (N-methyl/N-ethyl adjacent to an activating group) is 1. The molecule has 2 aromatic rings. The van der Waals surface area contributed by atoms with Crippen LogP contribution in [0.5, 0.6) is 17.2 Å². The molecule has 2 heterocycles. The number of rotatable bonds is 9. The molecular formula is C22H29F2N7O3. The van der Waals surface area contributed by atoms with Crippen LogP contribution >= 0.6 is 0 Å². The molecule has 184 valence electrons. The first-order chi connectivity index (χ1) is 16.3. The van der Waals surface area contributed by atoms with Gasteiger partial charge in [0.2, 0.25) is 0 Å². The Balaban J connectivity index is 1.61. The van der Waals surface area contributed by atoms with Gasteiger partial charge in [0.1, 0.15) is 12.4 Å². The number of ether oxygens (including phenoxy) is 3. The Hall–Kier alpha value is -3.51. The zero-order valence-corrected chi connectivity index (χ0v) is 19.4. The molecule has 1 aromatic carbocycles. The van der Waals surface area contributed by atoms with Gasteiger partial charge in [0.15, 0.2) is 28.9 Å². The summed E-state index contributed by atoms with van der Waals surface area (Å²) in [5.74, 6) is -1.64. The Kier molecular flexibility index (Phi) is 8.55. The molecule has 0 amide bonds. The van der Waals surface area contributed by atoms with Crippen LogP contribution in [0.2, 0.25) is 0 Å². The predicted octanol–water partition coefficient (Wildman–Crippen LogP) is 1.43. The van der Waals surface area contributed by atoms with Crippen LogP contribution in [0.3, 0.4) is 0 Å². The topological polar surface area (TPSA) is 124 Å². The Morgan fingerprint density at radius 2 is 1.65 bits per heavy atom. The van der Waals surface area contributed by atoms with Gasteiger partial charge in [-0.3, -0.25) is 4.90 Å². The van der Waals surface area contributed by atoms with E-state index < -0.39 is 18.2 Å². The van der Waals surface area contributed by atoms with Crippen LogP contribution in [0.4, 0.5) is 14.7 Å². The summed E-state index contributed by atoms with van der Waals surface area (Å²) in [6, 6.07) is 1.13. The summed E-state index contributed by atoms with van der Waals surface area (Å²) in [5.41, 5.74) is 12.3. The van der Waals surface area contributed by atoms with Crippen LogP contribution in [0.1, 0.15) is 5.56 Å². The van der Waals surface area contributed by atoms with Gasteiger partial charge in [-0.15, -0.1) is 0 Å². The van der Waals surface area contributed by atoms with E-state index in [0.717, 1.165) is 32.2 Å². The lowest BCUT2D eigenvalue weighted by Crippen LogP contribution is -2.45. The summed E-state index contributed by atoms with van der Waals surface area (Å²) in [6.07, 6.45) is 4.22. The smallest absolute Gasteiger partial charge is 0.251 e. The van der Waals surface area contributed by atoms with Crippen molar-refractivity contribution in [2.24, 2.45) is 16.5 Å². The van der Waals surface area contributed by atoms with Crippen molar-refractivity contribution in [2.45, 2.75) is 6.61 Å². The molecule has 3 rings (SSSR count). The SMILES string of the molecule is COc1cc(OC)c(F)c(COc2cnc(/N=C(N)\C=C(/N)CN3CCN(C)CC3)nc2)c1F. The summed E-state index contributed by atoms with van der Waals surface area (Å²) in [7, 11) is 4.63. The molecule has 1 saturated heterocycles. The van der Waals surface area contributed by atoms with E-state index in [2.05, 4.69) is 31.8 Å². The third-order valence-corrected chi connectivity index (χ3v) is 5.23. The fraction of sp³-hybridized carbons (Fsp3) is 0.409. The van der Waals surface area contributed by atoms with Crippen LogP contribution in [0, 0.1) is 11.6 Å². The van der Waals surface area contributed by atoms with E-state index in [1.54, 1.807) is 6.08 Å². The molecule has 0 spiro atoms. The minimum atomic E-state index is -0.878. The van der Waals surface area contributed by atoms with Gasteiger partial charge in [-0.05, 0) is 7.05 Å². The highest BCUT2D eigenvalue weighted by Gasteiger charge is 2.20. The number of hydrogen-bond acceptors (Lipinski definition) is 9. The van der Waals surface area contributed by atoms with Crippen molar-refractivity contribution in [1.29, 1.82) is 0 Å². The second-order valence-corrected chi connectivity index (χ2v) is 7.73. The van der Waals surface area contributed by atoms with Gasteiger partial charge in [-0.1, -0.05) is 0 Å². The summed E-state index contributed by atoms with van der Waals surface area (Å²) in [6.45, 7) is 4.02. The Labute approximate surface area is 196 Å². The monoisotopic (exact) mass is 477 g/mol. The van der Waals surface area contributed by atoms with E-state index in [1.807, 2.05) is 0 Å². The molecule has 0 radical (unpaired) electrons. The highest BCUT2D eigenvalue weighted by atomic mass is 19.1. The van der Waals surface area contributed by atoms with Crippen LogP contribution in [-0.2, 0) is 6.61 Å². The van der Waals surface area contributed by atoms with Crippen molar-refractivity contribution in [2.75, 3.05) is 54.0 Å². The average molecular weight is 478 g/mol. The normalized spacial score (nSPS) is 15.9. The summed E-state index contributed by atoms with van der Waals surface area (Å²) >= 11 is 0. The summed E-state index contributed by atoms with van der Waals surface area (Å²) in [4.78, 5) is 16.7. The van der Waals surface area contributed by atoms with Crippen LogP contribution in [-0.4, -0.2) is 79.6 Å². The molecule has 1 aromatic heterocycles. The van der Waals surface area contributed by atoms with E-state index in [4.69, 9.17) is 25.7 Å². The number of nitrogens with two attached hydrogens (primary N) is 2. The first-order valence-electron chi connectivity index (χ1n) is 10.6. The fourth-order valence-electron chi connectivity index (χ4n) is 3.31. The maximum atomic E-state index is 14.4. The molecule has 1 fully saturated rings. The highest BCUT2D eigenvalue weighted by Crippen LogP contribution is 2.31. The third-order valence-electron chi connectivity index (χ3n) is 5.23. The minimum absolute atomic E-state index is 0.0916. The number of hydrogen-bond donors (Lipinski definition) is 2. The number of piperazine rings is 1. The number of benzene rings is 1. The zero-order valence-electron chi connectivity index (χ0n) is 19.4. The number of halogens is 2. The van der Waals surface area contributed by atoms with Crippen LogP contribution in [0.15, 0.2) is 35.2 Å². The largest absolute Gasteiger partial charge is 0.494 e. The second-order valence-electron chi connectivity index (χ2n) is 7.73. The molecule has 4 N–H and O–H groups in total. The van der Waals surface area contributed by atoms with Gasteiger partial charge >= 0.3 is 0 Å². The van der Waals surface area contributed by atoms with Gasteiger partial charge in [-0.2, -0.15) is 4.99 Å². The summed E-state index contributed by atoms with van der Waals surface area (Å²) < 4.78 is 44.2. The van der Waals surface area contributed by atoms with Gasteiger partial charge in [0.25, 0.3) is 5.95 Å².